The lowest BCUT2D eigenvalue weighted by molar-refractivity contribution is 0.0728. The number of nitrogens with zero attached hydrogens (tertiary/aromatic N) is 1. The van der Waals surface area contributed by atoms with Gasteiger partial charge in [-0.25, -0.2) is 0 Å². The Morgan fingerprint density at radius 1 is 1.47 bits per heavy atom. The fourth-order valence-corrected chi connectivity index (χ4v) is 3.24. The van der Waals surface area contributed by atoms with Gasteiger partial charge in [-0.05, 0) is 52.4 Å². The lowest BCUT2D eigenvalue weighted by Crippen LogP contribution is -2.58. The number of nitrogens with one attached hydrogen (secondary N) is 1. The van der Waals surface area contributed by atoms with Crippen molar-refractivity contribution in [1.29, 1.82) is 0 Å². The van der Waals surface area contributed by atoms with Crippen LogP contribution < -0.4 is 5.32 Å². The average Bonchev–Trinajstić information content (AvgIpc) is 3.02. The first-order chi connectivity index (χ1) is 8.22. The first-order valence-corrected chi connectivity index (χ1v) is 6.97. The molecule has 2 rings (SSSR count). The molecule has 1 N–H and O–H groups in total. The molecule has 2 aliphatic rings. The van der Waals surface area contributed by atoms with Crippen molar-refractivity contribution in [2.24, 2.45) is 0 Å². The van der Waals surface area contributed by atoms with Crippen molar-refractivity contribution in [3.8, 4) is 0 Å². The van der Waals surface area contributed by atoms with Crippen molar-refractivity contribution in [2.75, 3.05) is 26.7 Å². The number of hydrogen-bond donors (Lipinski definition) is 1. The molecule has 0 amide bonds. The van der Waals surface area contributed by atoms with E-state index >= 15 is 0 Å². The van der Waals surface area contributed by atoms with Crippen LogP contribution in [0.15, 0.2) is 11.8 Å². The summed E-state index contributed by atoms with van der Waals surface area (Å²) in [6.45, 7) is 7.99. The van der Waals surface area contributed by atoms with Crippen molar-refractivity contribution in [1.82, 2.24) is 10.2 Å². The van der Waals surface area contributed by atoms with Crippen LogP contribution in [0.3, 0.4) is 0 Å². The second-order valence-electron chi connectivity index (χ2n) is 5.37. The molecule has 0 aliphatic carbocycles. The van der Waals surface area contributed by atoms with Gasteiger partial charge in [0.2, 0.25) is 0 Å². The van der Waals surface area contributed by atoms with E-state index in [9.17, 15) is 0 Å². The molecule has 2 atom stereocenters. The van der Waals surface area contributed by atoms with Crippen LogP contribution in [0.5, 0.6) is 0 Å². The van der Waals surface area contributed by atoms with Crippen LogP contribution in [0, 0.1) is 0 Å². The Bertz CT molecular complexity index is 284. The fraction of sp³-hybridized carbons (Fsp3) is 0.857. The molecule has 17 heavy (non-hydrogen) atoms. The van der Waals surface area contributed by atoms with Gasteiger partial charge in [0.15, 0.2) is 0 Å². The van der Waals surface area contributed by atoms with E-state index in [0.29, 0.717) is 6.04 Å². The van der Waals surface area contributed by atoms with Crippen LogP contribution in [0.2, 0.25) is 0 Å². The molecule has 0 aromatic rings. The van der Waals surface area contributed by atoms with Crippen LogP contribution in [0.25, 0.3) is 0 Å². The zero-order valence-electron chi connectivity index (χ0n) is 11.5. The summed E-state index contributed by atoms with van der Waals surface area (Å²) in [6.07, 6.45) is 7.15. The molecule has 0 aromatic heterocycles. The summed E-state index contributed by atoms with van der Waals surface area (Å²) in [5.41, 5.74) is 0.182. The standard InChI is InChI=1S/C14H26N2O/c1-4-14(2,16-9-5-6-10-16)13(15-3)12-8-7-11-17-12/h8,13,15H,4-7,9-11H2,1-3H3. The van der Waals surface area contributed by atoms with E-state index in [1.165, 1.54) is 25.9 Å². The minimum Gasteiger partial charge on any atom is -0.496 e. The number of likely N-dealkylation sites (tertiary alicyclic amines) is 1. The summed E-state index contributed by atoms with van der Waals surface area (Å²) in [4.78, 5) is 2.64. The maximum absolute atomic E-state index is 5.79. The van der Waals surface area contributed by atoms with E-state index in [-0.39, 0.29) is 5.54 Å². The van der Waals surface area contributed by atoms with Gasteiger partial charge in [-0.3, -0.25) is 4.90 Å². The van der Waals surface area contributed by atoms with Crippen LogP contribution in [-0.4, -0.2) is 43.2 Å². The smallest absolute Gasteiger partial charge is 0.111 e. The number of ether oxygens (including phenoxy) is 1. The minimum atomic E-state index is 0.182. The first-order valence-electron chi connectivity index (χ1n) is 6.97. The normalized spacial score (nSPS) is 26.4. The number of hydrogen-bond acceptors (Lipinski definition) is 3. The SMILES string of the molecule is CCC(C)(C(NC)C1=CCCO1)N1CCCC1. The van der Waals surface area contributed by atoms with Gasteiger partial charge in [0.1, 0.15) is 5.76 Å². The Labute approximate surface area is 105 Å². The van der Waals surface area contributed by atoms with Crippen molar-refractivity contribution in [2.45, 2.75) is 51.1 Å². The minimum absolute atomic E-state index is 0.182. The molecule has 2 unspecified atom stereocenters. The summed E-state index contributed by atoms with van der Waals surface area (Å²) in [6, 6.07) is 0.327. The van der Waals surface area contributed by atoms with Gasteiger partial charge in [0.25, 0.3) is 0 Å². The lowest BCUT2D eigenvalue weighted by atomic mass is 9.86. The fourth-order valence-electron chi connectivity index (χ4n) is 3.24. The number of rotatable bonds is 5. The third-order valence-corrected chi connectivity index (χ3v) is 4.47. The quantitative estimate of drug-likeness (QED) is 0.794. The molecule has 1 saturated heterocycles. The predicted molar refractivity (Wildman–Crippen MR) is 71.0 cm³/mol. The Hall–Kier alpha value is -0.540. The van der Waals surface area contributed by atoms with Gasteiger partial charge in [0.05, 0.1) is 12.6 Å². The van der Waals surface area contributed by atoms with Crippen LogP contribution in [0.4, 0.5) is 0 Å². The zero-order chi connectivity index (χ0) is 12.3. The molecule has 0 saturated carbocycles. The maximum Gasteiger partial charge on any atom is 0.111 e. The van der Waals surface area contributed by atoms with E-state index in [2.05, 4.69) is 37.2 Å². The van der Waals surface area contributed by atoms with Crippen LogP contribution in [-0.2, 0) is 4.74 Å². The predicted octanol–water partition coefficient (Wildman–Crippen LogP) is 2.14. The zero-order valence-corrected chi connectivity index (χ0v) is 11.5. The van der Waals surface area contributed by atoms with E-state index in [1.54, 1.807) is 0 Å². The highest BCUT2D eigenvalue weighted by Crippen LogP contribution is 2.32. The highest BCUT2D eigenvalue weighted by molar-refractivity contribution is 5.16. The monoisotopic (exact) mass is 238 g/mol. The van der Waals surface area contributed by atoms with Gasteiger partial charge in [-0.2, -0.15) is 0 Å². The molecule has 0 aromatic carbocycles. The van der Waals surface area contributed by atoms with E-state index < -0.39 is 0 Å². The Morgan fingerprint density at radius 3 is 2.65 bits per heavy atom. The highest BCUT2D eigenvalue weighted by atomic mass is 16.5. The average molecular weight is 238 g/mol. The van der Waals surface area contributed by atoms with Gasteiger partial charge < -0.3 is 10.1 Å². The summed E-state index contributed by atoms with van der Waals surface area (Å²) in [7, 11) is 2.05. The van der Waals surface area contributed by atoms with Gasteiger partial charge >= 0.3 is 0 Å². The molecule has 0 radical (unpaired) electrons. The molecule has 98 valence electrons. The largest absolute Gasteiger partial charge is 0.496 e. The summed E-state index contributed by atoms with van der Waals surface area (Å²) in [5.74, 6) is 1.16. The van der Waals surface area contributed by atoms with Crippen molar-refractivity contribution < 1.29 is 4.74 Å². The Kier molecular flexibility index (Phi) is 4.10. The second kappa shape index (κ2) is 5.40. The van der Waals surface area contributed by atoms with E-state index in [4.69, 9.17) is 4.74 Å². The second-order valence-corrected chi connectivity index (χ2v) is 5.37. The topological polar surface area (TPSA) is 24.5 Å². The summed E-state index contributed by atoms with van der Waals surface area (Å²) >= 11 is 0. The van der Waals surface area contributed by atoms with Crippen LogP contribution in [0.1, 0.15) is 39.5 Å². The molecule has 2 heterocycles. The van der Waals surface area contributed by atoms with Crippen LogP contribution >= 0.6 is 0 Å². The molecular weight excluding hydrogens is 212 g/mol. The van der Waals surface area contributed by atoms with Crippen molar-refractivity contribution in [3.63, 3.8) is 0 Å². The van der Waals surface area contributed by atoms with Crippen molar-refractivity contribution in [3.05, 3.63) is 11.8 Å². The summed E-state index contributed by atoms with van der Waals surface area (Å²) < 4.78 is 5.79. The van der Waals surface area contributed by atoms with Gasteiger partial charge in [-0.1, -0.05) is 6.92 Å². The molecule has 3 nitrogen and oxygen atoms in total. The Balaban J connectivity index is 2.18. The molecule has 1 fully saturated rings. The molecule has 0 spiro atoms. The Morgan fingerprint density at radius 2 is 2.18 bits per heavy atom. The van der Waals surface area contributed by atoms with E-state index in [1.807, 2.05) is 0 Å². The lowest BCUT2D eigenvalue weighted by Gasteiger charge is -2.44. The molecule has 0 bridgehead atoms. The van der Waals surface area contributed by atoms with E-state index in [0.717, 1.165) is 25.2 Å². The van der Waals surface area contributed by atoms with Crippen molar-refractivity contribution >= 4 is 0 Å². The van der Waals surface area contributed by atoms with Gasteiger partial charge in [0, 0.05) is 12.0 Å². The third-order valence-electron chi connectivity index (χ3n) is 4.47. The molecular formula is C14H26N2O. The maximum atomic E-state index is 5.79. The number of likely N-dealkylation sites (N-methyl/N-ethyl adjacent to an activating group) is 1. The van der Waals surface area contributed by atoms with Gasteiger partial charge in [-0.15, -0.1) is 0 Å². The highest BCUT2D eigenvalue weighted by Gasteiger charge is 2.41. The first kappa shape index (κ1) is 12.9. The third kappa shape index (κ3) is 2.36. The molecule has 2 aliphatic heterocycles. The molecule has 3 heteroatoms. The summed E-state index contributed by atoms with van der Waals surface area (Å²) in [5, 5.41) is 3.48.